The van der Waals surface area contributed by atoms with Crippen LogP contribution >= 0.6 is 0 Å². The van der Waals surface area contributed by atoms with Crippen LogP contribution in [0.5, 0.6) is 0 Å². The zero-order valence-electron chi connectivity index (χ0n) is 15.4. The Balaban J connectivity index is 0. The molecule has 0 aromatic heterocycles. The van der Waals surface area contributed by atoms with Crippen molar-refractivity contribution in [3.63, 3.8) is 0 Å². The quantitative estimate of drug-likeness (QED) is 0.450. The molecule has 128 valence electrons. The highest BCUT2D eigenvalue weighted by atomic mass is 16.5. The maximum absolute atomic E-state index is 5.88. The average Bonchev–Trinajstić information content (AvgIpc) is 2.28. The molecule has 0 aliphatic carbocycles. The molecule has 0 aromatic rings. The normalized spacial score (nSPS) is 12.7. The molecule has 0 rings (SSSR count). The summed E-state index contributed by atoms with van der Waals surface area (Å²) in [5.74, 6) is 5.88. The van der Waals surface area contributed by atoms with Gasteiger partial charge in [-0.2, -0.15) is 0 Å². The van der Waals surface area contributed by atoms with Crippen LogP contribution in [0, 0.1) is 10.8 Å². The van der Waals surface area contributed by atoms with Gasteiger partial charge in [0.15, 0.2) is 0 Å². The highest BCUT2D eigenvalue weighted by Gasteiger charge is 2.23. The average molecular weight is 303 g/mol. The Morgan fingerprint density at radius 2 is 1.62 bits per heavy atom. The van der Waals surface area contributed by atoms with E-state index in [2.05, 4.69) is 33.0 Å². The molecule has 0 aromatic carbocycles. The molecule has 0 amide bonds. The first-order valence-corrected chi connectivity index (χ1v) is 7.76. The molecule has 0 saturated carbocycles. The number of nitrogens with zero attached hydrogens (tertiary/aromatic N) is 1. The second kappa shape index (κ2) is 10.9. The molecule has 0 heterocycles. The molecular formula is C16H38N4O. The minimum Gasteiger partial charge on any atom is -0.401 e. The van der Waals surface area contributed by atoms with Gasteiger partial charge in [-0.3, -0.25) is 0 Å². The van der Waals surface area contributed by atoms with Gasteiger partial charge in [-0.25, -0.2) is 5.84 Å². The summed E-state index contributed by atoms with van der Waals surface area (Å²) in [6, 6.07) is 0. The fraction of sp³-hybridized carbons (Fsp3) is 0.875. The van der Waals surface area contributed by atoms with Crippen LogP contribution < -0.4 is 16.9 Å². The smallest absolute Gasteiger partial charge is 0.0534 e. The second-order valence-electron chi connectivity index (χ2n) is 6.90. The number of ether oxygens (including phenoxy) is 1. The predicted molar refractivity (Wildman–Crippen MR) is 92.5 cm³/mol. The highest BCUT2D eigenvalue weighted by Crippen LogP contribution is 2.20. The number of nitrogens with two attached hydrogens (primary N) is 2. The molecule has 0 atom stereocenters. The first-order chi connectivity index (χ1) is 9.58. The lowest BCUT2D eigenvalue weighted by Gasteiger charge is -2.31. The molecule has 5 N–H and O–H groups in total. The van der Waals surface area contributed by atoms with Gasteiger partial charge in [0.1, 0.15) is 0 Å². The number of hydrogen-bond acceptors (Lipinski definition) is 5. The van der Waals surface area contributed by atoms with Gasteiger partial charge in [-0.1, -0.05) is 41.5 Å². The summed E-state index contributed by atoms with van der Waals surface area (Å²) in [6.45, 7) is 17.5. The third-order valence-electron chi connectivity index (χ3n) is 2.62. The topological polar surface area (TPSA) is 76.5 Å². The fourth-order valence-corrected chi connectivity index (χ4v) is 1.98. The van der Waals surface area contributed by atoms with Crippen LogP contribution in [-0.4, -0.2) is 38.4 Å². The summed E-state index contributed by atoms with van der Waals surface area (Å²) in [4.78, 5) is 0. The Morgan fingerprint density at radius 3 is 2.05 bits per heavy atom. The fourth-order valence-electron chi connectivity index (χ4n) is 1.98. The van der Waals surface area contributed by atoms with E-state index >= 15 is 0 Å². The van der Waals surface area contributed by atoms with Gasteiger partial charge in [0.05, 0.1) is 13.2 Å². The van der Waals surface area contributed by atoms with Gasteiger partial charge in [-0.05, 0) is 14.0 Å². The van der Waals surface area contributed by atoms with Crippen molar-refractivity contribution in [2.75, 3.05) is 33.4 Å². The van der Waals surface area contributed by atoms with Crippen LogP contribution in [0.15, 0.2) is 11.9 Å². The molecule has 0 aliphatic heterocycles. The van der Waals surface area contributed by atoms with Gasteiger partial charge >= 0.3 is 0 Å². The van der Waals surface area contributed by atoms with E-state index in [9.17, 15) is 0 Å². The molecule has 5 heteroatoms. The van der Waals surface area contributed by atoms with Crippen molar-refractivity contribution >= 4 is 0 Å². The van der Waals surface area contributed by atoms with Crippen LogP contribution in [0.25, 0.3) is 0 Å². The van der Waals surface area contributed by atoms with Crippen molar-refractivity contribution in [1.29, 1.82) is 0 Å². The minimum atomic E-state index is -0.0174. The number of rotatable bonds is 9. The Labute approximate surface area is 132 Å². The number of nitrogens with one attached hydrogen (secondary N) is 1. The van der Waals surface area contributed by atoms with Gasteiger partial charge < -0.3 is 20.8 Å². The van der Waals surface area contributed by atoms with E-state index in [0.717, 1.165) is 13.2 Å². The zero-order chi connectivity index (χ0) is 17.1. The van der Waals surface area contributed by atoms with Crippen molar-refractivity contribution in [2.45, 2.75) is 48.5 Å². The van der Waals surface area contributed by atoms with Gasteiger partial charge in [0, 0.05) is 35.8 Å². The maximum atomic E-state index is 5.88. The zero-order valence-corrected chi connectivity index (χ0v) is 15.4. The van der Waals surface area contributed by atoms with Crippen molar-refractivity contribution in [1.82, 2.24) is 10.3 Å². The third kappa shape index (κ3) is 13.9. The number of allylic oxidation sites excluding steroid dienone is 1. The van der Waals surface area contributed by atoms with Crippen LogP contribution in [0.4, 0.5) is 0 Å². The summed E-state index contributed by atoms with van der Waals surface area (Å²) in [5.41, 5.74) is 6.43. The lowest BCUT2D eigenvalue weighted by molar-refractivity contribution is 0.00745. The number of hydrazine groups is 1. The Hall–Kier alpha value is -0.780. The highest BCUT2D eigenvalue weighted by molar-refractivity contribution is 4.90. The Kier molecular flexibility index (Phi) is 11.7. The summed E-state index contributed by atoms with van der Waals surface area (Å²) < 4.78 is 5.85. The molecule has 0 unspecified atom stereocenters. The SMILES string of the molecule is CC.CNCC(C)(C)COCC(C)(C)CN(N)/C=C(/C)N. The van der Waals surface area contributed by atoms with Crippen LogP contribution in [0.3, 0.4) is 0 Å². The lowest BCUT2D eigenvalue weighted by Crippen LogP contribution is -2.39. The summed E-state index contributed by atoms with van der Waals surface area (Å²) >= 11 is 0. The first kappa shape index (κ1) is 22.5. The van der Waals surface area contributed by atoms with Crippen LogP contribution in [0.2, 0.25) is 0 Å². The monoisotopic (exact) mass is 302 g/mol. The molecule has 0 radical (unpaired) electrons. The van der Waals surface area contributed by atoms with E-state index in [4.69, 9.17) is 16.3 Å². The molecule has 0 spiro atoms. The van der Waals surface area contributed by atoms with Gasteiger partial charge in [0.25, 0.3) is 0 Å². The summed E-state index contributed by atoms with van der Waals surface area (Å²) in [6.07, 6.45) is 1.74. The minimum absolute atomic E-state index is 0.0174. The van der Waals surface area contributed by atoms with Crippen LogP contribution in [-0.2, 0) is 4.74 Å². The van der Waals surface area contributed by atoms with Gasteiger partial charge in [0.2, 0.25) is 0 Å². The molecule has 0 aliphatic rings. The van der Waals surface area contributed by atoms with E-state index in [0.29, 0.717) is 18.8 Å². The summed E-state index contributed by atoms with van der Waals surface area (Å²) in [7, 11) is 1.96. The standard InChI is InChI=1S/C14H32N4O.C2H6/c1-12(15)7-18(16)9-14(4,5)11-19-10-13(2,3)8-17-6;1-2/h7,17H,8-11,15-16H2,1-6H3;1-2H3/b12-7-;. The molecule has 0 fully saturated rings. The van der Waals surface area contributed by atoms with E-state index in [1.165, 1.54) is 0 Å². The van der Waals surface area contributed by atoms with E-state index in [1.807, 2.05) is 27.8 Å². The van der Waals surface area contributed by atoms with Crippen molar-refractivity contribution in [3.8, 4) is 0 Å². The third-order valence-corrected chi connectivity index (χ3v) is 2.62. The van der Waals surface area contributed by atoms with Crippen molar-refractivity contribution in [3.05, 3.63) is 11.9 Å². The molecule has 5 nitrogen and oxygen atoms in total. The van der Waals surface area contributed by atoms with E-state index < -0.39 is 0 Å². The summed E-state index contributed by atoms with van der Waals surface area (Å²) in [5, 5.41) is 4.80. The lowest BCUT2D eigenvalue weighted by atomic mass is 9.93. The molecular weight excluding hydrogens is 264 g/mol. The maximum Gasteiger partial charge on any atom is 0.0534 e. The van der Waals surface area contributed by atoms with E-state index in [1.54, 1.807) is 11.2 Å². The second-order valence-corrected chi connectivity index (χ2v) is 6.90. The van der Waals surface area contributed by atoms with Crippen LogP contribution in [0.1, 0.15) is 48.5 Å². The Morgan fingerprint density at radius 1 is 1.14 bits per heavy atom. The molecule has 0 saturated heterocycles. The Bertz CT molecular complexity index is 284. The van der Waals surface area contributed by atoms with Crippen molar-refractivity contribution in [2.24, 2.45) is 22.4 Å². The molecule has 21 heavy (non-hydrogen) atoms. The molecule has 0 bridgehead atoms. The largest absolute Gasteiger partial charge is 0.401 e. The van der Waals surface area contributed by atoms with E-state index in [-0.39, 0.29) is 10.8 Å². The van der Waals surface area contributed by atoms with Gasteiger partial charge in [-0.15, -0.1) is 0 Å². The first-order valence-electron chi connectivity index (χ1n) is 7.76. The predicted octanol–water partition coefficient (Wildman–Crippen LogP) is 2.30. The van der Waals surface area contributed by atoms with Crippen molar-refractivity contribution < 1.29 is 4.74 Å². The number of hydrogen-bond donors (Lipinski definition) is 3.